The van der Waals surface area contributed by atoms with Crippen LogP contribution in [-0.2, 0) is 19.4 Å². The van der Waals surface area contributed by atoms with Gasteiger partial charge in [0.1, 0.15) is 5.82 Å². The lowest BCUT2D eigenvalue weighted by Gasteiger charge is -2.08. The van der Waals surface area contributed by atoms with Crippen molar-refractivity contribution >= 4 is 5.97 Å². The van der Waals surface area contributed by atoms with Crippen LogP contribution in [-0.4, -0.2) is 25.8 Å². The molecule has 0 aliphatic rings. The molecule has 1 aromatic heterocycles. The number of carbonyl (C=O) groups is 1. The lowest BCUT2D eigenvalue weighted by molar-refractivity contribution is 0.0697. The summed E-state index contributed by atoms with van der Waals surface area (Å²) in [6.45, 7) is 5.13. The van der Waals surface area contributed by atoms with Gasteiger partial charge in [-0.2, -0.15) is 5.10 Å². The van der Waals surface area contributed by atoms with Crippen LogP contribution in [0.5, 0.6) is 0 Å². The molecule has 164 valence electrons. The van der Waals surface area contributed by atoms with Crippen molar-refractivity contribution in [3.05, 3.63) is 71.3 Å². The molecular weight excluding hydrogens is 386 g/mol. The second-order valence-corrected chi connectivity index (χ2v) is 8.10. The van der Waals surface area contributed by atoms with E-state index in [0.717, 1.165) is 48.5 Å². The average molecular weight is 420 g/mol. The van der Waals surface area contributed by atoms with Crippen molar-refractivity contribution in [2.75, 3.05) is 0 Å². The molecule has 0 saturated heterocycles. The Morgan fingerprint density at radius 1 is 0.903 bits per heavy atom. The number of aromatic nitrogens is 3. The minimum Gasteiger partial charge on any atom is -0.478 e. The quantitative estimate of drug-likeness (QED) is 0.357. The summed E-state index contributed by atoms with van der Waals surface area (Å²) in [5.74, 6) is 1.13. The number of carboxylic acid groups (broad SMARTS) is 1. The van der Waals surface area contributed by atoms with Crippen LogP contribution in [0.4, 0.5) is 0 Å². The SMILES string of the molecule is CCCCCc1nc(CCCCC)n(Cc2ccc(-c3cccc(C(=O)O)c3)cc2)n1. The van der Waals surface area contributed by atoms with Crippen LogP contribution >= 0.6 is 0 Å². The van der Waals surface area contributed by atoms with Gasteiger partial charge in [0.05, 0.1) is 12.1 Å². The maximum absolute atomic E-state index is 11.2. The standard InChI is InChI=1S/C26H33N3O2/c1-3-5-7-12-24-27-25(13-8-6-4-2)29(28-24)19-20-14-16-21(17-15-20)22-10-9-11-23(18-22)26(30)31/h9-11,14-18H,3-8,12-13,19H2,1-2H3,(H,30,31). The van der Waals surface area contributed by atoms with Crippen LogP contribution < -0.4 is 0 Å². The molecule has 3 aromatic rings. The minimum absolute atomic E-state index is 0.302. The summed E-state index contributed by atoms with van der Waals surface area (Å²) in [5.41, 5.74) is 3.39. The summed E-state index contributed by atoms with van der Waals surface area (Å²) in [6.07, 6.45) is 9.01. The second kappa shape index (κ2) is 11.4. The third-order valence-electron chi connectivity index (χ3n) is 5.53. The monoisotopic (exact) mass is 419 g/mol. The molecule has 0 radical (unpaired) electrons. The van der Waals surface area contributed by atoms with Crippen LogP contribution in [0.15, 0.2) is 48.5 Å². The first-order valence-electron chi connectivity index (χ1n) is 11.5. The maximum atomic E-state index is 11.2. The molecule has 1 heterocycles. The molecule has 0 aliphatic carbocycles. The lowest BCUT2D eigenvalue weighted by atomic mass is 10.0. The molecule has 0 saturated carbocycles. The Labute approximate surface area is 185 Å². The van der Waals surface area contributed by atoms with Crippen LogP contribution in [0.1, 0.15) is 79.9 Å². The van der Waals surface area contributed by atoms with E-state index in [9.17, 15) is 9.90 Å². The summed E-state index contributed by atoms with van der Waals surface area (Å²) in [7, 11) is 0. The molecule has 1 N–H and O–H groups in total. The molecule has 0 fully saturated rings. The number of hydrogen-bond acceptors (Lipinski definition) is 3. The number of carboxylic acids is 1. The summed E-state index contributed by atoms with van der Waals surface area (Å²) in [6, 6.07) is 15.3. The highest BCUT2D eigenvalue weighted by Crippen LogP contribution is 2.22. The van der Waals surface area contributed by atoms with E-state index in [1.165, 1.54) is 31.2 Å². The van der Waals surface area contributed by atoms with E-state index >= 15 is 0 Å². The van der Waals surface area contributed by atoms with Gasteiger partial charge in [0, 0.05) is 12.8 Å². The third kappa shape index (κ3) is 6.51. The van der Waals surface area contributed by atoms with Gasteiger partial charge in [-0.15, -0.1) is 0 Å². The fourth-order valence-electron chi connectivity index (χ4n) is 3.72. The number of nitrogens with zero attached hydrogens (tertiary/aromatic N) is 3. The van der Waals surface area contributed by atoms with Crippen molar-refractivity contribution in [2.24, 2.45) is 0 Å². The number of hydrogen-bond donors (Lipinski definition) is 1. The highest BCUT2D eigenvalue weighted by atomic mass is 16.4. The van der Waals surface area contributed by atoms with Gasteiger partial charge >= 0.3 is 5.97 Å². The normalized spacial score (nSPS) is 11.0. The zero-order valence-electron chi connectivity index (χ0n) is 18.7. The van der Waals surface area contributed by atoms with Crippen molar-refractivity contribution in [2.45, 2.75) is 71.8 Å². The zero-order chi connectivity index (χ0) is 22.1. The van der Waals surface area contributed by atoms with Gasteiger partial charge in [-0.1, -0.05) is 75.9 Å². The summed E-state index contributed by atoms with van der Waals surface area (Å²) >= 11 is 0. The number of rotatable bonds is 12. The number of aryl methyl sites for hydroxylation is 2. The van der Waals surface area contributed by atoms with E-state index in [1.807, 2.05) is 18.2 Å². The predicted molar refractivity (Wildman–Crippen MR) is 124 cm³/mol. The van der Waals surface area contributed by atoms with Gasteiger partial charge in [-0.25, -0.2) is 14.5 Å². The Morgan fingerprint density at radius 2 is 1.61 bits per heavy atom. The van der Waals surface area contributed by atoms with Crippen LogP contribution in [0.3, 0.4) is 0 Å². The minimum atomic E-state index is -0.907. The molecule has 3 rings (SSSR count). The molecule has 2 aromatic carbocycles. The van der Waals surface area contributed by atoms with Gasteiger partial charge < -0.3 is 5.11 Å². The van der Waals surface area contributed by atoms with Crippen LogP contribution in [0, 0.1) is 0 Å². The number of benzene rings is 2. The smallest absolute Gasteiger partial charge is 0.335 e. The molecular formula is C26H33N3O2. The third-order valence-corrected chi connectivity index (χ3v) is 5.53. The number of unbranched alkanes of at least 4 members (excludes halogenated alkanes) is 4. The Bertz CT molecular complexity index is 977. The van der Waals surface area contributed by atoms with Gasteiger partial charge in [0.2, 0.25) is 0 Å². The van der Waals surface area contributed by atoms with Crippen molar-refractivity contribution in [1.82, 2.24) is 14.8 Å². The first-order valence-corrected chi connectivity index (χ1v) is 11.5. The molecule has 0 amide bonds. The van der Waals surface area contributed by atoms with Gasteiger partial charge in [0.15, 0.2) is 5.82 Å². The molecule has 0 spiro atoms. The van der Waals surface area contributed by atoms with Gasteiger partial charge in [-0.3, -0.25) is 0 Å². The maximum Gasteiger partial charge on any atom is 0.335 e. The first kappa shape index (κ1) is 22.7. The van der Waals surface area contributed by atoms with Crippen molar-refractivity contribution in [3.8, 4) is 11.1 Å². The van der Waals surface area contributed by atoms with E-state index in [0.29, 0.717) is 12.1 Å². The van der Waals surface area contributed by atoms with Crippen molar-refractivity contribution < 1.29 is 9.90 Å². The largest absolute Gasteiger partial charge is 0.478 e. The molecule has 0 atom stereocenters. The van der Waals surface area contributed by atoms with Crippen LogP contribution in [0.25, 0.3) is 11.1 Å². The molecule has 0 aliphatic heterocycles. The Kier molecular flexibility index (Phi) is 8.39. The molecule has 31 heavy (non-hydrogen) atoms. The Morgan fingerprint density at radius 3 is 2.29 bits per heavy atom. The zero-order valence-corrected chi connectivity index (χ0v) is 18.7. The van der Waals surface area contributed by atoms with Gasteiger partial charge in [-0.05, 0) is 41.7 Å². The predicted octanol–water partition coefficient (Wildman–Crippen LogP) is 6.16. The summed E-state index contributed by atoms with van der Waals surface area (Å²) in [4.78, 5) is 16.1. The van der Waals surface area contributed by atoms with Crippen LogP contribution in [0.2, 0.25) is 0 Å². The van der Waals surface area contributed by atoms with E-state index < -0.39 is 5.97 Å². The van der Waals surface area contributed by atoms with E-state index in [4.69, 9.17) is 10.1 Å². The molecule has 0 unspecified atom stereocenters. The summed E-state index contributed by atoms with van der Waals surface area (Å²) in [5, 5.41) is 14.0. The first-order chi connectivity index (χ1) is 15.1. The van der Waals surface area contributed by atoms with Gasteiger partial charge in [0.25, 0.3) is 0 Å². The van der Waals surface area contributed by atoms with Crippen molar-refractivity contribution in [1.29, 1.82) is 0 Å². The van der Waals surface area contributed by atoms with E-state index in [2.05, 4.69) is 30.7 Å². The highest BCUT2D eigenvalue weighted by molar-refractivity contribution is 5.89. The average Bonchev–Trinajstić information content (AvgIpc) is 3.16. The fourth-order valence-corrected chi connectivity index (χ4v) is 3.72. The Balaban J connectivity index is 1.74. The lowest BCUT2D eigenvalue weighted by Crippen LogP contribution is -2.07. The topological polar surface area (TPSA) is 68.0 Å². The molecule has 5 nitrogen and oxygen atoms in total. The molecule has 0 bridgehead atoms. The Hall–Kier alpha value is -2.95. The fraction of sp³-hybridized carbons (Fsp3) is 0.423. The number of aromatic carboxylic acids is 1. The van der Waals surface area contributed by atoms with E-state index in [-0.39, 0.29) is 0 Å². The highest BCUT2D eigenvalue weighted by Gasteiger charge is 2.11. The summed E-state index contributed by atoms with van der Waals surface area (Å²) < 4.78 is 2.07. The van der Waals surface area contributed by atoms with E-state index in [1.54, 1.807) is 18.2 Å². The molecule has 5 heteroatoms. The van der Waals surface area contributed by atoms with Crippen molar-refractivity contribution in [3.63, 3.8) is 0 Å². The second-order valence-electron chi connectivity index (χ2n) is 8.10.